The number of carbonyl (C=O) groups is 1. The number of rotatable bonds is 5. The monoisotopic (exact) mass is 341 g/mol. The summed E-state index contributed by atoms with van der Waals surface area (Å²) in [5, 5.41) is 5.96. The van der Waals surface area contributed by atoms with E-state index in [-0.39, 0.29) is 4.21 Å². The van der Waals surface area contributed by atoms with E-state index in [1.807, 2.05) is 20.9 Å². The zero-order valence-electron chi connectivity index (χ0n) is 13.0. The standard InChI is InChI=1S/C14H19N3O3S2/c1-9(8-12-10(2)15-17(4)11(12)3)14(18)16-22(19,20)13-6-5-7-21-13/h5-7,9H,8H2,1-4H3,(H,16,18). The van der Waals surface area contributed by atoms with E-state index in [1.165, 1.54) is 6.07 Å². The molecule has 0 aromatic carbocycles. The summed E-state index contributed by atoms with van der Waals surface area (Å²) >= 11 is 1.08. The van der Waals surface area contributed by atoms with Gasteiger partial charge in [-0.3, -0.25) is 9.48 Å². The Hall–Kier alpha value is -1.67. The van der Waals surface area contributed by atoms with Crippen LogP contribution in [0.15, 0.2) is 21.7 Å². The highest BCUT2D eigenvalue weighted by atomic mass is 32.2. The number of carbonyl (C=O) groups excluding carboxylic acids is 1. The number of amides is 1. The van der Waals surface area contributed by atoms with Gasteiger partial charge in [0.15, 0.2) is 0 Å². The fraction of sp³-hybridized carbons (Fsp3) is 0.429. The molecule has 0 aliphatic rings. The molecule has 8 heteroatoms. The van der Waals surface area contributed by atoms with E-state index in [4.69, 9.17) is 0 Å². The van der Waals surface area contributed by atoms with Crippen LogP contribution in [0.1, 0.15) is 23.9 Å². The van der Waals surface area contributed by atoms with Crippen molar-refractivity contribution < 1.29 is 13.2 Å². The van der Waals surface area contributed by atoms with Gasteiger partial charge in [-0.15, -0.1) is 11.3 Å². The maximum absolute atomic E-state index is 12.2. The van der Waals surface area contributed by atoms with Gasteiger partial charge in [0.05, 0.1) is 5.69 Å². The molecule has 0 fully saturated rings. The minimum atomic E-state index is -3.77. The van der Waals surface area contributed by atoms with Gasteiger partial charge < -0.3 is 0 Å². The summed E-state index contributed by atoms with van der Waals surface area (Å²) in [6.45, 7) is 5.53. The Balaban J connectivity index is 2.10. The SMILES string of the molecule is Cc1nn(C)c(C)c1CC(C)C(=O)NS(=O)(=O)c1cccs1. The van der Waals surface area contributed by atoms with E-state index in [9.17, 15) is 13.2 Å². The Morgan fingerprint density at radius 1 is 1.45 bits per heavy atom. The largest absolute Gasteiger partial charge is 0.274 e. The van der Waals surface area contributed by atoms with Gasteiger partial charge in [-0.25, -0.2) is 13.1 Å². The highest BCUT2D eigenvalue weighted by Crippen LogP contribution is 2.19. The molecule has 0 radical (unpaired) electrons. The molecule has 0 aliphatic carbocycles. The van der Waals surface area contributed by atoms with E-state index in [2.05, 4.69) is 9.82 Å². The number of aromatic nitrogens is 2. The summed E-state index contributed by atoms with van der Waals surface area (Å²) < 4.78 is 28.2. The molecule has 2 aromatic heterocycles. The fourth-order valence-corrected chi connectivity index (χ4v) is 4.28. The molecule has 0 aliphatic heterocycles. The lowest BCUT2D eigenvalue weighted by atomic mass is 9.99. The van der Waals surface area contributed by atoms with Crippen LogP contribution in [0.4, 0.5) is 0 Å². The van der Waals surface area contributed by atoms with E-state index in [0.717, 1.165) is 28.3 Å². The van der Waals surface area contributed by atoms with Crippen molar-refractivity contribution in [3.8, 4) is 0 Å². The molecule has 120 valence electrons. The van der Waals surface area contributed by atoms with Crippen molar-refractivity contribution in [1.29, 1.82) is 0 Å². The van der Waals surface area contributed by atoms with Gasteiger partial charge in [0.25, 0.3) is 10.0 Å². The van der Waals surface area contributed by atoms with Crippen LogP contribution in [-0.4, -0.2) is 24.1 Å². The van der Waals surface area contributed by atoms with Crippen LogP contribution >= 0.6 is 11.3 Å². The first kappa shape index (κ1) is 16.7. The van der Waals surface area contributed by atoms with Crippen LogP contribution in [0.25, 0.3) is 0 Å². The average molecular weight is 341 g/mol. The number of nitrogens with zero attached hydrogens (tertiary/aromatic N) is 2. The molecule has 0 bridgehead atoms. The molecule has 1 N–H and O–H groups in total. The van der Waals surface area contributed by atoms with Gasteiger partial charge in [-0.05, 0) is 37.3 Å². The summed E-state index contributed by atoms with van der Waals surface area (Å²) in [5.74, 6) is -0.965. The van der Waals surface area contributed by atoms with E-state index in [1.54, 1.807) is 23.1 Å². The van der Waals surface area contributed by atoms with Gasteiger partial charge in [0, 0.05) is 18.7 Å². The molecule has 2 aromatic rings. The lowest BCUT2D eigenvalue weighted by Crippen LogP contribution is -2.35. The summed E-state index contributed by atoms with van der Waals surface area (Å²) in [6, 6.07) is 3.11. The number of hydrogen-bond acceptors (Lipinski definition) is 5. The summed E-state index contributed by atoms with van der Waals surface area (Å²) in [6.07, 6.45) is 0.456. The number of thiophene rings is 1. The van der Waals surface area contributed by atoms with Gasteiger partial charge in [-0.2, -0.15) is 5.10 Å². The van der Waals surface area contributed by atoms with E-state index in [0.29, 0.717) is 6.42 Å². The second-order valence-electron chi connectivity index (χ2n) is 5.28. The molecule has 2 rings (SSSR count). The van der Waals surface area contributed by atoms with Crippen molar-refractivity contribution in [2.24, 2.45) is 13.0 Å². The average Bonchev–Trinajstić information content (AvgIpc) is 3.04. The Labute approximate surface area is 134 Å². The molecule has 1 atom stereocenters. The van der Waals surface area contributed by atoms with Gasteiger partial charge in [0.2, 0.25) is 5.91 Å². The highest BCUT2D eigenvalue weighted by molar-refractivity contribution is 7.92. The number of sulfonamides is 1. The second kappa shape index (κ2) is 6.21. The fourth-order valence-electron chi connectivity index (χ4n) is 2.21. The normalized spacial score (nSPS) is 13.1. The molecule has 6 nitrogen and oxygen atoms in total. The quantitative estimate of drug-likeness (QED) is 0.899. The van der Waals surface area contributed by atoms with Gasteiger partial charge in [-0.1, -0.05) is 13.0 Å². The summed E-state index contributed by atoms with van der Waals surface area (Å²) in [5.41, 5.74) is 2.83. The third kappa shape index (κ3) is 3.38. The third-order valence-corrected chi connectivity index (χ3v) is 6.36. The van der Waals surface area contributed by atoms with Crippen molar-refractivity contribution in [1.82, 2.24) is 14.5 Å². The molecular formula is C14H19N3O3S2. The predicted octanol–water partition coefficient (Wildman–Crippen LogP) is 1.78. The Morgan fingerprint density at radius 3 is 2.64 bits per heavy atom. The summed E-state index contributed by atoms with van der Waals surface area (Å²) in [4.78, 5) is 12.2. The predicted molar refractivity (Wildman–Crippen MR) is 85.2 cm³/mol. The zero-order chi connectivity index (χ0) is 16.5. The third-order valence-electron chi connectivity index (χ3n) is 3.61. The molecule has 2 heterocycles. The first-order valence-corrected chi connectivity index (χ1v) is 9.18. The minimum absolute atomic E-state index is 0.141. The van der Waals surface area contributed by atoms with Crippen LogP contribution in [0.2, 0.25) is 0 Å². The minimum Gasteiger partial charge on any atom is -0.274 e. The van der Waals surface area contributed by atoms with Gasteiger partial charge >= 0.3 is 0 Å². The van der Waals surface area contributed by atoms with Gasteiger partial charge in [0.1, 0.15) is 4.21 Å². The molecule has 0 saturated heterocycles. The smallest absolute Gasteiger partial charge is 0.273 e. The molecule has 22 heavy (non-hydrogen) atoms. The first-order valence-electron chi connectivity index (χ1n) is 6.81. The zero-order valence-corrected chi connectivity index (χ0v) is 14.6. The second-order valence-corrected chi connectivity index (χ2v) is 8.14. The van der Waals surface area contributed by atoms with Crippen LogP contribution in [-0.2, 0) is 28.3 Å². The lowest BCUT2D eigenvalue weighted by Gasteiger charge is -2.12. The first-order chi connectivity index (χ1) is 10.2. The Kier molecular flexibility index (Phi) is 4.72. The van der Waals surface area contributed by atoms with Crippen LogP contribution < -0.4 is 4.72 Å². The maximum Gasteiger partial charge on any atom is 0.273 e. The summed E-state index contributed by atoms with van der Waals surface area (Å²) in [7, 11) is -1.93. The number of hydrogen-bond donors (Lipinski definition) is 1. The molecule has 1 unspecified atom stereocenters. The molecule has 0 spiro atoms. The Bertz CT molecular complexity index is 777. The van der Waals surface area contributed by atoms with Crippen LogP contribution in [0.3, 0.4) is 0 Å². The Morgan fingerprint density at radius 2 is 2.14 bits per heavy atom. The van der Waals surface area contributed by atoms with Crippen molar-refractivity contribution in [3.63, 3.8) is 0 Å². The highest BCUT2D eigenvalue weighted by Gasteiger charge is 2.24. The maximum atomic E-state index is 12.2. The van der Waals surface area contributed by atoms with E-state index < -0.39 is 21.8 Å². The van der Waals surface area contributed by atoms with Crippen molar-refractivity contribution in [2.75, 3.05) is 0 Å². The van der Waals surface area contributed by atoms with Crippen molar-refractivity contribution in [2.45, 2.75) is 31.4 Å². The molecular weight excluding hydrogens is 322 g/mol. The number of aryl methyl sites for hydroxylation is 2. The van der Waals surface area contributed by atoms with E-state index >= 15 is 0 Å². The number of nitrogens with one attached hydrogen (secondary N) is 1. The van der Waals surface area contributed by atoms with Crippen LogP contribution in [0, 0.1) is 19.8 Å². The lowest BCUT2D eigenvalue weighted by molar-refractivity contribution is -0.122. The van der Waals surface area contributed by atoms with Crippen molar-refractivity contribution in [3.05, 3.63) is 34.5 Å². The topological polar surface area (TPSA) is 81.1 Å². The molecule has 1 amide bonds. The molecule has 0 saturated carbocycles. The van der Waals surface area contributed by atoms with Crippen molar-refractivity contribution >= 4 is 27.3 Å². The van der Waals surface area contributed by atoms with Crippen LogP contribution in [0.5, 0.6) is 0 Å².